The molecule has 6 heteroatoms. The van der Waals surface area contributed by atoms with Gasteiger partial charge in [-0.05, 0) is 29.3 Å². The van der Waals surface area contributed by atoms with Crippen LogP contribution in [0.25, 0.3) is 0 Å². The summed E-state index contributed by atoms with van der Waals surface area (Å²) < 4.78 is 5.32. The smallest absolute Gasteiger partial charge is 0.225 e. The SMILES string of the molecule is CCC(=O)N1C[C@@H](C(=O)NCc2cccnc2)[C@H](c2cccc(OC)c2)C1. The summed E-state index contributed by atoms with van der Waals surface area (Å²) in [7, 11) is 1.62. The second-order valence-corrected chi connectivity index (χ2v) is 6.72. The zero-order chi connectivity index (χ0) is 19.2. The molecule has 0 spiro atoms. The number of likely N-dealkylation sites (tertiary alicyclic amines) is 1. The normalized spacial score (nSPS) is 19.0. The Morgan fingerprint density at radius 1 is 1.26 bits per heavy atom. The summed E-state index contributed by atoms with van der Waals surface area (Å²) in [5.41, 5.74) is 1.96. The Morgan fingerprint density at radius 3 is 2.81 bits per heavy atom. The van der Waals surface area contributed by atoms with Crippen LogP contribution in [0.4, 0.5) is 0 Å². The van der Waals surface area contributed by atoms with E-state index in [1.54, 1.807) is 24.4 Å². The maximum atomic E-state index is 12.9. The molecule has 3 rings (SSSR count). The summed E-state index contributed by atoms with van der Waals surface area (Å²) in [4.78, 5) is 31.0. The maximum absolute atomic E-state index is 12.9. The van der Waals surface area contributed by atoms with Crippen molar-refractivity contribution < 1.29 is 14.3 Å². The lowest BCUT2D eigenvalue weighted by Gasteiger charge is -2.18. The number of pyridine rings is 1. The van der Waals surface area contributed by atoms with E-state index in [-0.39, 0.29) is 23.7 Å². The number of amides is 2. The van der Waals surface area contributed by atoms with Crippen LogP contribution in [0.3, 0.4) is 0 Å². The molecule has 0 aliphatic carbocycles. The van der Waals surface area contributed by atoms with Crippen LogP contribution in [-0.4, -0.2) is 41.9 Å². The van der Waals surface area contributed by atoms with Gasteiger partial charge >= 0.3 is 0 Å². The minimum absolute atomic E-state index is 0.0434. The van der Waals surface area contributed by atoms with Crippen LogP contribution in [0.1, 0.15) is 30.4 Å². The minimum atomic E-state index is -0.288. The number of carbonyl (C=O) groups excluding carboxylic acids is 2. The number of carbonyl (C=O) groups is 2. The first-order valence-corrected chi connectivity index (χ1v) is 9.20. The minimum Gasteiger partial charge on any atom is -0.497 e. The van der Waals surface area contributed by atoms with E-state index >= 15 is 0 Å². The number of nitrogens with zero attached hydrogens (tertiary/aromatic N) is 2. The summed E-state index contributed by atoms with van der Waals surface area (Å²) in [6.45, 7) is 3.26. The zero-order valence-corrected chi connectivity index (χ0v) is 15.7. The van der Waals surface area contributed by atoms with Gasteiger partial charge in [0, 0.05) is 44.4 Å². The van der Waals surface area contributed by atoms with Gasteiger partial charge in [-0.3, -0.25) is 14.6 Å². The first kappa shape index (κ1) is 18.9. The largest absolute Gasteiger partial charge is 0.497 e. The van der Waals surface area contributed by atoms with E-state index < -0.39 is 0 Å². The highest BCUT2D eigenvalue weighted by molar-refractivity contribution is 5.83. The first-order chi connectivity index (χ1) is 13.1. The van der Waals surface area contributed by atoms with Crippen molar-refractivity contribution in [2.24, 2.45) is 5.92 Å². The fourth-order valence-corrected chi connectivity index (χ4v) is 3.53. The fourth-order valence-electron chi connectivity index (χ4n) is 3.53. The quantitative estimate of drug-likeness (QED) is 0.851. The molecule has 0 saturated carbocycles. The highest BCUT2D eigenvalue weighted by atomic mass is 16.5. The molecule has 142 valence electrons. The third-order valence-electron chi connectivity index (χ3n) is 5.02. The summed E-state index contributed by atoms with van der Waals surface area (Å²) in [6, 6.07) is 11.5. The number of hydrogen-bond acceptors (Lipinski definition) is 4. The Balaban J connectivity index is 1.78. The molecule has 1 aliphatic rings. The van der Waals surface area contributed by atoms with Gasteiger partial charge in [0.05, 0.1) is 13.0 Å². The number of ether oxygens (including phenoxy) is 1. The number of rotatable bonds is 6. The first-order valence-electron chi connectivity index (χ1n) is 9.20. The molecule has 1 aromatic heterocycles. The molecule has 1 fully saturated rings. The predicted octanol–water partition coefficient (Wildman–Crippen LogP) is 2.36. The average molecular weight is 367 g/mol. The molecule has 2 aromatic rings. The number of nitrogens with one attached hydrogen (secondary N) is 1. The maximum Gasteiger partial charge on any atom is 0.225 e. The van der Waals surface area contributed by atoms with Gasteiger partial charge in [-0.2, -0.15) is 0 Å². The molecule has 2 heterocycles. The summed E-state index contributed by atoms with van der Waals surface area (Å²) in [5, 5.41) is 3.00. The van der Waals surface area contributed by atoms with Gasteiger partial charge < -0.3 is 15.0 Å². The lowest BCUT2D eigenvalue weighted by atomic mass is 9.88. The van der Waals surface area contributed by atoms with Gasteiger partial charge in [0.25, 0.3) is 0 Å². The monoisotopic (exact) mass is 367 g/mol. The van der Waals surface area contributed by atoms with E-state index in [0.717, 1.165) is 16.9 Å². The molecule has 2 amide bonds. The number of hydrogen-bond donors (Lipinski definition) is 1. The average Bonchev–Trinajstić information content (AvgIpc) is 3.18. The molecule has 0 bridgehead atoms. The molecule has 1 N–H and O–H groups in total. The molecule has 0 unspecified atom stereocenters. The molecule has 6 nitrogen and oxygen atoms in total. The molecule has 1 saturated heterocycles. The van der Waals surface area contributed by atoms with Crippen molar-refractivity contribution in [3.05, 3.63) is 59.9 Å². The van der Waals surface area contributed by atoms with Gasteiger partial charge in [0.15, 0.2) is 0 Å². The van der Waals surface area contributed by atoms with E-state index in [2.05, 4.69) is 10.3 Å². The predicted molar refractivity (Wildman–Crippen MR) is 102 cm³/mol. The van der Waals surface area contributed by atoms with Crippen LogP contribution in [0.2, 0.25) is 0 Å². The van der Waals surface area contributed by atoms with Crippen LogP contribution >= 0.6 is 0 Å². The Bertz CT molecular complexity index is 794. The van der Waals surface area contributed by atoms with Gasteiger partial charge in [-0.25, -0.2) is 0 Å². The third kappa shape index (κ3) is 4.45. The molecule has 2 atom stereocenters. The van der Waals surface area contributed by atoms with Crippen molar-refractivity contribution >= 4 is 11.8 Å². The fraction of sp³-hybridized carbons (Fsp3) is 0.381. The van der Waals surface area contributed by atoms with Gasteiger partial charge in [-0.15, -0.1) is 0 Å². The van der Waals surface area contributed by atoms with Crippen molar-refractivity contribution in [1.29, 1.82) is 0 Å². The van der Waals surface area contributed by atoms with Gasteiger partial charge in [-0.1, -0.05) is 25.1 Å². The third-order valence-corrected chi connectivity index (χ3v) is 5.02. The van der Waals surface area contributed by atoms with Crippen LogP contribution in [-0.2, 0) is 16.1 Å². The van der Waals surface area contributed by atoms with Crippen molar-refractivity contribution in [3.8, 4) is 5.75 Å². The second-order valence-electron chi connectivity index (χ2n) is 6.72. The van der Waals surface area contributed by atoms with E-state index in [1.165, 1.54) is 0 Å². The Labute approximate surface area is 159 Å². The second kappa shape index (κ2) is 8.66. The van der Waals surface area contributed by atoms with Crippen LogP contribution in [0.5, 0.6) is 5.75 Å². The highest BCUT2D eigenvalue weighted by Crippen LogP contribution is 2.34. The Kier molecular flexibility index (Phi) is 6.06. The zero-order valence-electron chi connectivity index (χ0n) is 15.7. The summed E-state index contributed by atoms with van der Waals surface area (Å²) in [5.74, 6) is 0.444. The molecule has 0 radical (unpaired) electrons. The van der Waals surface area contributed by atoms with E-state index in [0.29, 0.717) is 26.1 Å². The van der Waals surface area contributed by atoms with Crippen LogP contribution < -0.4 is 10.1 Å². The lowest BCUT2D eigenvalue weighted by molar-refractivity contribution is -0.130. The Morgan fingerprint density at radius 2 is 2.11 bits per heavy atom. The van der Waals surface area contributed by atoms with Crippen molar-refractivity contribution in [2.75, 3.05) is 20.2 Å². The topological polar surface area (TPSA) is 71.5 Å². The highest BCUT2D eigenvalue weighted by Gasteiger charge is 2.39. The van der Waals surface area contributed by atoms with Gasteiger partial charge in [0.2, 0.25) is 11.8 Å². The standard InChI is InChI=1S/C21H25N3O3/c1-3-20(25)24-13-18(16-7-4-8-17(10-16)27-2)19(14-24)21(26)23-12-15-6-5-9-22-11-15/h4-11,18-19H,3,12-14H2,1-2H3,(H,23,26)/t18-,19+/m0/s1. The molecule has 1 aromatic carbocycles. The van der Waals surface area contributed by atoms with E-state index in [9.17, 15) is 9.59 Å². The number of benzene rings is 1. The van der Waals surface area contributed by atoms with Crippen LogP contribution in [0, 0.1) is 5.92 Å². The van der Waals surface area contributed by atoms with Crippen molar-refractivity contribution in [2.45, 2.75) is 25.8 Å². The summed E-state index contributed by atoms with van der Waals surface area (Å²) in [6.07, 6.45) is 3.88. The molecular weight excluding hydrogens is 342 g/mol. The number of aromatic nitrogens is 1. The molecule has 27 heavy (non-hydrogen) atoms. The molecule has 1 aliphatic heterocycles. The summed E-state index contributed by atoms with van der Waals surface area (Å²) >= 11 is 0. The van der Waals surface area contributed by atoms with Crippen LogP contribution in [0.15, 0.2) is 48.8 Å². The Hall–Kier alpha value is -2.89. The van der Waals surface area contributed by atoms with E-state index in [1.807, 2.05) is 43.3 Å². The molecular formula is C21H25N3O3. The number of methoxy groups -OCH3 is 1. The lowest BCUT2D eigenvalue weighted by Crippen LogP contribution is -2.35. The van der Waals surface area contributed by atoms with Gasteiger partial charge in [0.1, 0.15) is 5.75 Å². The van der Waals surface area contributed by atoms with Crippen molar-refractivity contribution in [1.82, 2.24) is 15.2 Å². The van der Waals surface area contributed by atoms with Crippen molar-refractivity contribution in [3.63, 3.8) is 0 Å². The van der Waals surface area contributed by atoms with E-state index in [4.69, 9.17) is 4.74 Å².